The molecular weight excluding hydrogens is 777 g/mol. The van der Waals surface area contributed by atoms with Crippen molar-refractivity contribution in [2.24, 2.45) is 10.8 Å². The van der Waals surface area contributed by atoms with E-state index in [4.69, 9.17) is 4.74 Å². The van der Waals surface area contributed by atoms with E-state index < -0.39 is 40.1 Å². The molecule has 0 heterocycles. The second-order valence-electron chi connectivity index (χ2n) is 19.2. The Morgan fingerprint density at radius 1 is 0.339 bits per heavy atom. The summed E-state index contributed by atoms with van der Waals surface area (Å²) in [5.74, 6) is -5.13. The molecule has 0 aromatic rings. The lowest BCUT2D eigenvalue weighted by atomic mass is 9.51. The minimum absolute atomic E-state index is 0.0340. The number of Topliss-reactive ketones (excluding diaryl/α,β-unsaturated/α-hetero) is 1. The molecule has 0 aromatic heterocycles. The molecule has 3 N–H and O–H groups in total. The number of hydrogen-bond acceptors (Lipinski definition) is 5. The van der Waals surface area contributed by atoms with Gasteiger partial charge in [0.15, 0.2) is 11.2 Å². The van der Waals surface area contributed by atoms with Gasteiger partial charge in [0.2, 0.25) is 5.60 Å². The molecule has 2 unspecified atom stereocenters. The second kappa shape index (κ2) is 39.4. The van der Waals surface area contributed by atoms with E-state index in [9.17, 15) is 29.7 Å². The zero-order valence-corrected chi connectivity index (χ0v) is 41.6. The van der Waals surface area contributed by atoms with Crippen LogP contribution in [-0.2, 0) is 23.9 Å². The number of unbranched alkanes of at least 4 members (excludes halogenated alkanes) is 32. The number of rotatable bonds is 49. The third-order valence-electron chi connectivity index (χ3n) is 14.0. The van der Waals surface area contributed by atoms with E-state index in [0.717, 1.165) is 167 Å². The standard InChI is InChI=1S/C54H102O8/c1-6-11-16-21-25-29-34-39-44-52(49(56)57,45-40-35-30-26-22-17-12-7-2)54(51(60)61,62-47-42-37-32-28-24-19-14-9-4)53(50(58)59,48(55)43-38-33-20-15-10-5)46-41-36-31-27-23-18-13-8-3/h6-47H2,1-5H3,(H,56,57)(H,58,59)(H,60,61). The van der Waals surface area contributed by atoms with Crippen LogP contribution in [0.1, 0.15) is 298 Å². The average Bonchev–Trinajstić information content (AvgIpc) is 3.25. The van der Waals surface area contributed by atoms with Crippen molar-refractivity contribution < 1.29 is 39.2 Å². The SMILES string of the molecule is CCCCCCCCCCOC(C(=O)O)(C(CCCCCCCCCC)(CCCCCCCCCC)C(=O)O)C(CCCCCCCCCC)(C(=O)O)C(=O)CCCCCCC. The van der Waals surface area contributed by atoms with Gasteiger partial charge >= 0.3 is 17.9 Å². The van der Waals surface area contributed by atoms with Gasteiger partial charge in [-0.05, 0) is 32.1 Å². The van der Waals surface area contributed by atoms with E-state index in [0.29, 0.717) is 38.5 Å². The summed E-state index contributed by atoms with van der Waals surface area (Å²) >= 11 is 0. The molecule has 0 aromatic carbocycles. The maximum absolute atomic E-state index is 15.1. The molecule has 0 bridgehead atoms. The Kier molecular flexibility index (Phi) is 38.2. The second-order valence-corrected chi connectivity index (χ2v) is 19.2. The molecule has 0 aliphatic heterocycles. The zero-order valence-electron chi connectivity index (χ0n) is 41.6. The Balaban J connectivity index is 7.45. The van der Waals surface area contributed by atoms with Crippen LogP contribution in [0.15, 0.2) is 0 Å². The molecule has 0 rings (SSSR count). The van der Waals surface area contributed by atoms with E-state index >= 15 is 4.79 Å². The van der Waals surface area contributed by atoms with Crippen LogP contribution in [0, 0.1) is 10.8 Å². The van der Waals surface area contributed by atoms with E-state index in [2.05, 4.69) is 34.6 Å². The molecule has 0 fully saturated rings. The van der Waals surface area contributed by atoms with Gasteiger partial charge in [0, 0.05) is 13.0 Å². The number of carbonyl (C=O) groups excluding carboxylic acids is 1. The topological polar surface area (TPSA) is 138 Å². The third-order valence-corrected chi connectivity index (χ3v) is 14.0. The molecule has 0 saturated heterocycles. The predicted molar refractivity (Wildman–Crippen MR) is 259 cm³/mol. The summed E-state index contributed by atoms with van der Waals surface area (Å²) in [5, 5.41) is 35.3. The normalized spacial score (nSPS) is 13.8. The van der Waals surface area contributed by atoms with E-state index in [1.807, 2.05) is 0 Å². The van der Waals surface area contributed by atoms with E-state index in [1.165, 1.54) is 32.1 Å². The van der Waals surface area contributed by atoms with Crippen molar-refractivity contribution >= 4 is 23.7 Å². The molecule has 2 atom stereocenters. The fourth-order valence-corrected chi connectivity index (χ4v) is 10.1. The largest absolute Gasteiger partial charge is 0.481 e. The molecule has 0 aliphatic rings. The molecule has 366 valence electrons. The summed E-state index contributed by atoms with van der Waals surface area (Å²) in [6.45, 7) is 10.8. The van der Waals surface area contributed by atoms with Gasteiger partial charge in [-0.15, -0.1) is 0 Å². The van der Waals surface area contributed by atoms with Crippen molar-refractivity contribution in [1.29, 1.82) is 0 Å². The van der Waals surface area contributed by atoms with Gasteiger partial charge in [-0.1, -0.05) is 259 Å². The number of carbonyl (C=O) groups is 4. The van der Waals surface area contributed by atoms with E-state index in [1.54, 1.807) is 0 Å². The summed E-state index contributed by atoms with van der Waals surface area (Å²) < 4.78 is 6.74. The highest BCUT2D eigenvalue weighted by Crippen LogP contribution is 2.57. The third kappa shape index (κ3) is 22.3. The monoisotopic (exact) mass is 879 g/mol. The fourth-order valence-electron chi connectivity index (χ4n) is 10.1. The molecule has 0 spiro atoms. The zero-order chi connectivity index (χ0) is 46.2. The Labute approximate surface area is 382 Å². The molecular formula is C54H102O8. The maximum atomic E-state index is 15.1. The van der Waals surface area contributed by atoms with Crippen LogP contribution in [0.3, 0.4) is 0 Å². The summed E-state index contributed by atoms with van der Waals surface area (Å²) in [4.78, 5) is 58.5. The van der Waals surface area contributed by atoms with Gasteiger partial charge in [-0.3, -0.25) is 14.4 Å². The highest BCUT2D eigenvalue weighted by molar-refractivity contribution is 6.11. The number of hydrogen-bond donors (Lipinski definition) is 3. The van der Waals surface area contributed by atoms with Crippen LogP contribution in [0.25, 0.3) is 0 Å². The fraction of sp³-hybridized carbons (Fsp3) is 0.926. The number of carboxylic acids is 3. The summed E-state index contributed by atoms with van der Waals surface area (Å²) in [6, 6.07) is 0. The first-order valence-electron chi connectivity index (χ1n) is 26.9. The lowest BCUT2D eigenvalue weighted by Crippen LogP contribution is -2.73. The van der Waals surface area contributed by atoms with E-state index in [-0.39, 0.29) is 32.3 Å². The van der Waals surface area contributed by atoms with Crippen molar-refractivity contribution in [3.8, 4) is 0 Å². The van der Waals surface area contributed by atoms with Crippen LogP contribution < -0.4 is 0 Å². The first kappa shape index (κ1) is 60.0. The van der Waals surface area contributed by atoms with Crippen molar-refractivity contribution in [3.05, 3.63) is 0 Å². The molecule has 8 heteroatoms. The Bertz CT molecular complexity index is 1090. The van der Waals surface area contributed by atoms with Gasteiger partial charge in [0.1, 0.15) is 5.41 Å². The van der Waals surface area contributed by atoms with Gasteiger partial charge in [-0.25, -0.2) is 4.79 Å². The minimum atomic E-state index is -2.78. The smallest absolute Gasteiger partial charge is 0.338 e. The number of carboxylic acid groups (broad SMARTS) is 3. The Morgan fingerprint density at radius 3 is 0.935 bits per heavy atom. The number of aliphatic carboxylic acids is 3. The van der Waals surface area contributed by atoms with Gasteiger partial charge < -0.3 is 20.1 Å². The Hall–Kier alpha value is -1.96. The lowest BCUT2D eigenvalue weighted by molar-refractivity contribution is -0.238. The molecule has 0 radical (unpaired) electrons. The van der Waals surface area contributed by atoms with Crippen molar-refractivity contribution in [1.82, 2.24) is 0 Å². The number of ether oxygens (including phenoxy) is 1. The van der Waals surface area contributed by atoms with Gasteiger partial charge in [0.25, 0.3) is 0 Å². The highest BCUT2D eigenvalue weighted by Gasteiger charge is 2.76. The predicted octanol–water partition coefficient (Wildman–Crippen LogP) is 16.6. The molecule has 0 saturated carbocycles. The Morgan fingerprint density at radius 2 is 0.629 bits per heavy atom. The van der Waals surface area contributed by atoms with Crippen LogP contribution in [0.4, 0.5) is 0 Å². The summed E-state index contributed by atoms with van der Waals surface area (Å²) in [7, 11) is 0. The van der Waals surface area contributed by atoms with Crippen molar-refractivity contribution in [2.75, 3.05) is 6.61 Å². The highest BCUT2D eigenvalue weighted by atomic mass is 16.5. The molecule has 0 aliphatic carbocycles. The van der Waals surface area contributed by atoms with Crippen molar-refractivity contribution in [2.45, 2.75) is 303 Å². The van der Waals surface area contributed by atoms with Crippen LogP contribution in [-0.4, -0.2) is 51.2 Å². The molecule has 62 heavy (non-hydrogen) atoms. The van der Waals surface area contributed by atoms with Crippen LogP contribution in [0.5, 0.6) is 0 Å². The molecule has 0 amide bonds. The first-order valence-corrected chi connectivity index (χ1v) is 26.9. The first-order chi connectivity index (χ1) is 30.1. The van der Waals surface area contributed by atoms with Gasteiger partial charge in [0.05, 0.1) is 0 Å². The summed E-state index contributed by atoms with van der Waals surface area (Å²) in [5.41, 5.74) is -7.44. The van der Waals surface area contributed by atoms with Crippen LogP contribution in [0.2, 0.25) is 0 Å². The number of ketones is 1. The molecule has 8 nitrogen and oxygen atoms in total. The van der Waals surface area contributed by atoms with Crippen LogP contribution >= 0.6 is 0 Å². The average molecular weight is 879 g/mol. The summed E-state index contributed by atoms with van der Waals surface area (Å²) in [6.07, 6.45) is 34.2. The quantitative estimate of drug-likeness (QED) is 0.0406. The maximum Gasteiger partial charge on any atom is 0.338 e. The van der Waals surface area contributed by atoms with Gasteiger partial charge in [-0.2, -0.15) is 0 Å². The van der Waals surface area contributed by atoms with Crippen molar-refractivity contribution in [3.63, 3.8) is 0 Å². The minimum Gasteiger partial charge on any atom is -0.481 e. The lowest BCUT2D eigenvalue weighted by Gasteiger charge is -2.53.